The zero-order valence-electron chi connectivity index (χ0n) is 18.3. The second-order valence-electron chi connectivity index (χ2n) is 7.84. The first kappa shape index (κ1) is 23.6. The average Bonchev–Trinajstić information content (AvgIpc) is 2.82. The highest BCUT2D eigenvalue weighted by Crippen LogP contribution is 2.25. The molecule has 0 spiro atoms. The third-order valence-electron chi connectivity index (χ3n) is 5.44. The summed E-state index contributed by atoms with van der Waals surface area (Å²) in [5.41, 5.74) is 1.01. The maximum absolute atomic E-state index is 13.5. The maximum Gasteiger partial charge on any atom is 0.251 e. The molecule has 1 aromatic heterocycles. The number of carbonyl (C=O) groups is 1. The van der Waals surface area contributed by atoms with E-state index in [1.807, 2.05) is 4.90 Å². The van der Waals surface area contributed by atoms with Crippen molar-refractivity contribution in [2.24, 2.45) is 0 Å². The lowest BCUT2D eigenvalue weighted by Crippen LogP contribution is -2.36. The minimum Gasteiger partial charge on any atom is -0.440 e. The second kappa shape index (κ2) is 10.6. The molecule has 1 fully saturated rings. The van der Waals surface area contributed by atoms with Crippen molar-refractivity contribution in [1.82, 2.24) is 5.32 Å². The van der Waals surface area contributed by atoms with Crippen LogP contribution in [0.25, 0.3) is 11.0 Å². The Balaban J connectivity index is 1.68. The van der Waals surface area contributed by atoms with Gasteiger partial charge in [-0.1, -0.05) is 0 Å². The van der Waals surface area contributed by atoms with Crippen LogP contribution in [0.3, 0.4) is 0 Å². The maximum atomic E-state index is 13.5. The number of ether oxygens (including phenoxy) is 1. The number of nitrogens with one attached hydrogen (secondary N) is 2. The number of alkyl halides is 1. The molecule has 1 aliphatic rings. The molecule has 0 atom stereocenters. The summed E-state index contributed by atoms with van der Waals surface area (Å²) in [7, 11) is 0. The van der Waals surface area contributed by atoms with Gasteiger partial charge in [-0.2, -0.15) is 0 Å². The van der Waals surface area contributed by atoms with Crippen molar-refractivity contribution in [2.75, 3.05) is 56.3 Å². The first-order valence-corrected chi connectivity index (χ1v) is 10.9. The monoisotopic (exact) mass is 475 g/mol. The van der Waals surface area contributed by atoms with Gasteiger partial charge in [-0.25, -0.2) is 13.2 Å². The number of carbonyl (C=O) groups excluding carboxylic acids is 1. The zero-order valence-corrected chi connectivity index (χ0v) is 18.3. The molecule has 34 heavy (non-hydrogen) atoms. The molecule has 0 aliphatic carbocycles. The van der Waals surface area contributed by atoms with E-state index in [4.69, 9.17) is 9.15 Å². The van der Waals surface area contributed by atoms with Gasteiger partial charge >= 0.3 is 0 Å². The SMILES string of the molecule is O=C(NCCF)c1cc(CCNc2cc(F)cc(F)c2)c2oc(N3CCOCC3)cc(=O)c2c1. The van der Waals surface area contributed by atoms with Gasteiger partial charge in [0.2, 0.25) is 0 Å². The van der Waals surface area contributed by atoms with Crippen molar-refractivity contribution in [3.05, 3.63) is 69.4 Å². The molecule has 0 bridgehead atoms. The Morgan fingerprint density at radius 3 is 2.44 bits per heavy atom. The van der Waals surface area contributed by atoms with E-state index in [9.17, 15) is 22.8 Å². The van der Waals surface area contributed by atoms with Gasteiger partial charge in [-0.05, 0) is 36.2 Å². The number of anilines is 2. The van der Waals surface area contributed by atoms with Gasteiger partial charge in [0.25, 0.3) is 5.91 Å². The van der Waals surface area contributed by atoms with E-state index in [1.54, 1.807) is 6.07 Å². The van der Waals surface area contributed by atoms with Crippen LogP contribution in [-0.4, -0.2) is 52.0 Å². The van der Waals surface area contributed by atoms with E-state index in [2.05, 4.69) is 10.6 Å². The molecule has 4 rings (SSSR count). The number of hydrogen-bond donors (Lipinski definition) is 2. The predicted molar refractivity (Wildman–Crippen MR) is 122 cm³/mol. The topological polar surface area (TPSA) is 83.8 Å². The van der Waals surface area contributed by atoms with Gasteiger partial charge in [0, 0.05) is 49.6 Å². The fourth-order valence-electron chi connectivity index (χ4n) is 3.83. The number of halogens is 3. The van der Waals surface area contributed by atoms with Crippen LogP contribution in [0.1, 0.15) is 15.9 Å². The standard InChI is InChI=1S/C24H24F3N3O4/c25-2-4-29-24(32)16-9-15(1-3-28-19-12-17(26)11-18(27)13-19)23-20(10-16)21(31)14-22(34-23)30-5-7-33-8-6-30/h9-14,28H,1-8H2,(H,29,32). The molecule has 1 aliphatic heterocycles. The average molecular weight is 475 g/mol. The minimum atomic E-state index is -0.717. The molecule has 3 aromatic rings. The zero-order chi connectivity index (χ0) is 24.1. The molecular formula is C24H24F3N3O4. The summed E-state index contributed by atoms with van der Waals surface area (Å²) >= 11 is 0. The summed E-state index contributed by atoms with van der Waals surface area (Å²) in [6, 6.07) is 7.50. The van der Waals surface area contributed by atoms with Gasteiger partial charge < -0.3 is 24.7 Å². The number of benzene rings is 2. The van der Waals surface area contributed by atoms with Gasteiger partial charge in [-0.3, -0.25) is 9.59 Å². The van der Waals surface area contributed by atoms with Crippen molar-refractivity contribution in [1.29, 1.82) is 0 Å². The van der Waals surface area contributed by atoms with Crippen LogP contribution < -0.4 is 21.0 Å². The van der Waals surface area contributed by atoms with E-state index in [-0.39, 0.29) is 41.6 Å². The predicted octanol–water partition coefficient (Wildman–Crippen LogP) is 3.26. The summed E-state index contributed by atoms with van der Waals surface area (Å²) in [5, 5.41) is 5.61. The molecular weight excluding hydrogens is 451 g/mol. The minimum absolute atomic E-state index is 0.149. The first-order chi connectivity index (χ1) is 16.4. The molecule has 180 valence electrons. The Bertz CT molecular complexity index is 1220. The van der Waals surface area contributed by atoms with Gasteiger partial charge in [0.1, 0.15) is 23.9 Å². The summed E-state index contributed by atoms with van der Waals surface area (Å²) < 4.78 is 50.9. The van der Waals surface area contributed by atoms with Crippen LogP contribution >= 0.6 is 0 Å². The largest absolute Gasteiger partial charge is 0.440 e. The number of nitrogens with zero attached hydrogens (tertiary/aromatic N) is 1. The number of hydrogen-bond acceptors (Lipinski definition) is 6. The van der Waals surface area contributed by atoms with E-state index in [0.29, 0.717) is 43.3 Å². The number of rotatable bonds is 8. The molecule has 0 radical (unpaired) electrons. The Morgan fingerprint density at radius 1 is 1.00 bits per heavy atom. The molecule has 2 aromatic carbocycles. The molecule has 1 amide bonds. The van der Waals surface area contributed by atoms with Crippen LogP contribution in [0, 0.1) is 11.6 Å². The fourth-order valence-corrected chi connectivity index (χ4v) is 3.83. The second-order valence-corrected chi connectivity index (χ2v) is 7.84. The van der Waals surface area contributed by atoms with Crippen LogP contribution in [0.15, 0.2) is 45.6 Å². The Labute approximate surface area is 193 Å². The first-order valence-electron chi connectivity index (χ1n) is 10.9. The fraction of sp³-hybridized carbons (Fsp3) is 0.333. The van der Waals surface area contributed by atoms with Crippen molar-refractivity contribution in [2.45, 2.75) is 6.42 Å². The molecule has 1 saturated heterocycles. The lowest BCUT2D eigenvalue weighted by atomic mass is 10.0. The normalized spacial score (nSPS) is 13.8. The lowest BCUT2D eigenvalue weighted by molar-refractivity contribution is 0.0951. The molecule has 2 N–H and O–H groups in total. The lowest BCUT2D eigenvalue weighted by Gasteiger charge is -2.27. The van der Waals surface area contributed by atoms with Crippen LogP contribution in [0.4, 0.5) is 24.7 Å². The van der Waals surface area contributed by atoms with E-state index in [0.717, 1.165) is 6.07 Å². The summed E-state index contributed by atoms with van der Waals surface area (Å²) in [5.74, 6) is -1.53. The summed E-state index contributed by atoms with van der Waals surface area (Å²) in [4.78, 5) is 27.3. The van der Waals surface area contributed by atoms with Crippen LogP contribution in [-0.2, 0) is 11.2 Å². The quantitative estimate of drug-likeness (QED) is 0.521. The number of fused-ring (bicyclic) bond motifs is 1. The van der Waals surface area contributed by atoms with Gasteiger partial charge in [0.05, 0.1) is 18.6 Å². The van der Waals surface area contributed by atoms with E-state index >= 15 is 0 Å². The number of amides is 1. The highest BCUT2D eigenvalue weighted by Gasteiger charge is 2.19. The molecule has 0 unspecified atom stereocenters. The molecule has 10 heteroatoms. The van der Waals surface area contributed by atoms with Crippen molar-refractivity contribution >= 4 is 28.4 Å². The van der Waals surface area contributed by atoms with Crippen LogP contribution in [0.2, 0.25) is 0 Å². The number of morpholine rings is 1. The summed E-state index contributed by atoms with van der Waals surface area (Å²) in [6.07, 6.45) is 0.286. The highest BCUT2D eigenvalue weighted by molar-refractivity contribution is 5.98. The third-order valence-corrected chi connectivity index (χ3v) is 5.44. The Kier molecular flexibility index (Phi) is 7.36. The van der Waals surface area contributed by atoms with Gasteiger partial charge in [0.15, 0.2) is 11.3 Å². The van der Waals surface area contributed by atoms with Crippen molar-refractivity contribution in [3.8, 4) is 0 Å². The van der Waals surface area contributed by atoms with Crippen molar-refractivity contribution in [3.63, 3.8) is 0 Å². The third kappa shape index (κ3) is 5.51. The smallest absolute Gasteiger partial charge is 0.251 e. The summed E-state index contributed by atoms with van der Waals surface area (Å²) in [6.45, 7) is 1.54. The van der Waals surface area contributed by atoms with E-state index in [1.165, 1.54) is 24.3 Å². The Hall–Kier alpha value is -3.53. The van der Waals surface area contributed by atoms with Gasteiger partial charge in [-0.15, -0.1) is 0 Å². The molecule has 2 heterocycles. The Morgan fingerprint density at radius 2 is 1.74 bits per heavy atom. The highest BCUT2D eigenvalue weighted by atomic mass is 19.1. The molecule has 7 nitrogen and oxygen atoms in total. The van der Waals surface area contributed by atoms with E-state index < -0.39 is 24.2 Å². The molecule has 0 saturated carbocycles. The van der Waals surface area contributed by atoms with Crippen LogP contribution in [0.5, 0.6) is 0 Å². The van der Waals surface area contributed by atoms with Crippen molar-refractivity contribution < 1.29 is 27.1 Å².